The maximum Gasteiger partial charge on any atom is 0.106 e. The SMILES string of the molecule is COC1(CNCc2cccc3[nH]ccc23)CCOC1. The maximum absolute atomic E-state index is 5.62. The van der Waals surface area contributed by atoms with Crippen molar-refractivity contribution in [3.05, 3.63) is 36.0 Å². The summed E-state index contributed by atoms with van der Waals surface area (Å²) in [5.41, 5.74) is 2.35. The van der Waals surface area contributed by atoms with E-state index in [2.05, 4.69) is 34.6 Å². The minimum absolute atomic E-state index is 0.147. The van der Waals surface area contributed by atoms with Gasteiger partial charge in [-0.2, -0.15) is 0 Å². The zero-order valence-electron chi connectivity index (χ0n) is 11.2. The lowest BCUT2D eigenvalue weighted by atomic mass is 10.0. The third-order valence-electron chi connectivity index (χ3n) is 3.95. The van der Waals surface area contributed by atoms with Crippen molar-refractivity contribution in [3.63, 3.8) is 0 Å². The van der Waals surface area contributed by atoms with Gasteiger partial charge in [-0.05, 0) is 17.7 Å². The van der Waals surface area contributed by atoms with E-state index in [1.807, 2.05) is 6.20 Å². The molecule has 0 amide bonds. The molecule has 0 saturated carbocycles. The number of nitrogens with one attached hydrogen (secondary N) is 2. The second-order valence-electron chi connectivity index (χ2n) is 5.15. The molecule has 4 nitrogen and oxygen atoms in total. The standard InChI is InChI=1S/C15H20N2O2/c1-18-15(6-8-19-11-15)10-16-9-12-3-2-4-14-13(12)5-7-17-14/h2-5,7,16-17H,6,8-11H2,1H3. The molecule has 1 saturated heterocycles. The number of ether oxygens (including phenoxy) is 2. The molecule has 4 heteroatoms. The lowest BCUT2D eigenvalue weighted by molar-refractivity contribution is -0.0159. The van der Waals surface area contributed by atoms with Gasteiger partial charge in [-0.15, -0.1) is 0 Å². The predicted octanol–water partition coefficient (Wildman–Crippen LogP) is 2.06. The first kappa shape index (κ1) is 12.7. The van der Waals surface area contributed by atoms with Crippen LogP contribution >= 0.6 is 0 Å². The molecular formula is C15H20N2O2. The third-order valence-corrected chi connectivity index (χ3v) is 3.95. The summed E-state index contributed by atoms with van der Waals surface area (Å²) in [7, 11) is 1.77. The summed E-state index contributed by atoms with van der Waals surface area (Å²) >= 11 is 0. The highest BCUT2D eigenvalue weighted by molar-refractivity contribution is 5.82. The van der Waals surface area contributed by atoms with E-state index < -0.39 is 0 Å². The number of rotatable bonds is 5. The van der Waals surface area contributed by atoms with Crippen molar-refractivity contribution in [1.29, 1.82) is 0 Å². The van der Waals surface area contributed by atoms with Crippen molar-refractivity contribution in [2.75, 3.05) is 26.9 Å². The molecular weight excluding hydrogens is 240 g/mol. The molecule has 102 valence electrons. The average molecular weight is 260 g/mol. The summed E-state index contributed by atoms with van der Waals surface area (Å²) in [5.74, 6) is 0. The van der Waals surface area contributed by atoms with Gasteiger partial charge in [-0.1, -0.05) is 12.1 Å². The van der Waals surface area contributed by atoms with Crippen LogP contribution in [0.4, 0.5) is 0 Å². The van der Waals surface area contributed by atoms with E-state index in [0.717, 1.165) is 26.1 Å². The van der Waals surface area contributed by atoms with Crippen LogP contribution in [0.15, 0.2) is 30.5 Å². The van der Waals surface area contributed by atoms with Gasteiger partial charge in [0.25, 0.3) is 0 Å². The van der Waals surface area contributed by atoms with Crippen LogP contribution in [-0.2, 0) is 16.0 Å². The van der Waals surface area contributed by atoms with E-state index in [4.69, 9.17) is 9.47 Å². The number of aromatic amines is 1. The van der Waals surface area contributed by atoms with Crippen molar-refractivity contribution in [3.8, 4) is 0 Å². The molecule has 0 spiro atoms. The van der Waals surface area contributed by atoms with Crippen molar-refractivity contribution in [1.82, 2.24) is 10.3 Å². The van der Waals surface area contributed by atoms with Gasteiger partial charge in [0, 0.05) is 50.3 Å². The Morgan fingerprint density at radius 2 is 2.37 bits per heavy atom. The molecule has 1 fully saturated rings. The Kier molecular flexibility index (Phi) is 3.55. The molecule has 0 radical (unpaired) electrons. The highest BCUT2D eigenvalue weighted by Crippen LogP contribution is 2.22. The van der Waals surface area contributed by atoms with Crippen molar-refractivity contribution >= 4 is 10.9 Å². The molecule has 2 aromatic rings. The average Bonchev–Trinajstić information content (AvgIpc) is 3.08. The second kappa shape index (κ2) is 5.33. The summed E-state index contributed by atoms with van der Waals surface area (Å²) in [5, 5.41) is 4.78. The predicted molar refractivity (Wildman–Crippen MR) is 75.2 cm³/mol. The summed E-state index contributed by atoms with van der Waals surface area (Å²) in [6, 6.07) is 8.46. The third kappa shape index (κ3) is 2.52. The lowest BCUT2D eigenvalue weighted by Crippen LogP contribution is -2.42. The molecule has 1 aliphatic heterocycles. The van der Waals surface area contributed by atoms with Gasteiger partial charge in [0.2, 0.25) is 0 Å². The first-order chi connectivity index (χ1) is 9.33. The highest BCUT2D eigenvalue weighted by atomic mass is 16.5. The topological polar surface area (TPSA) is 46.3 Å². The minimum atomic E-state index is -0.147. The Hall–Kier alpha value is -1.36. The number of methoxy groups -OCH3 is 1. The Labute approximate surface area is 113 Å². The Balaban J connectivity index is 1.64. The first-order valence-corrected chi connectivity index (χ1v) is 6.72. The van der Waals surface area contributed by atoms with E-state index >= 15 is 0 Å². The van der Waals surface area contributed by atoms with Gasteiger partial charge in [0.1, 0.15) is 5.60 Å². The maximum atomic E-state index is 5.62. The molecule has 2 heterocycles. The van der Waals surface area contributed by atoms with Crippen LogP contribution in [-0.4, -0.2) is 37.5 Å². The van der Waals surface area contributed by atoms with Gasteiger partial charge in [0.15, 0.2) is 0 Å². The van der Waals surface area contributed by atoms with Crippen LogP contribution in [0, 0.1) is 0 Å². The normalized spacial score (nSPS) is 23.2. The zero-order valence-corrected chi connectivity index (χ0v) is 11.2. The zero-order chi connectivity index (χ0) is 13.1. The molecule has 1 atom stereocenters. The first-order valence-electron chi connectivity index (χ1n) is 6.72. The van der Waals surface area contributed by atoms with E-state index in [1.165, 1.54) is 16.5 Å². The van der Waals surface area contributed by atoms with E-state index in [0.29, 0.717) is 6.61 Å². The highest BCUT2D eigenvalue weighted by Gasteiger charge is 2.34. The van der Waals surface area contributed by atoms with Gasteiger partial charge in [-0.3, -0.25) is 0 Å². The molecule has 19 heavy (non-hydrogen) atoms. The summed E-state index contributed by atoms with van der Waals surface area (Å²) in [6.45, 7) is 3.15. The number of aromatic nitrogens is 1. The number of hydrogen-bond donors (Lipinski definition) is 2. The van der Waals surface area contributed by atoms with Gasteiger partial charge in [0.05, 0.1) is 6.61 Å². The molecule has 3 rings (SSSR count). The molecule has 1 aliphatic rings. The van der Waals surface area contributed by atoms with Crippen molar-refractivity contribution in [2.45, 2.75) is 18.6 Å². The second-order valence-corrected chi connectivity index (χ2v) is 5.15. The van der Waals surface area contributed by atoms with Crippen LogP contribution in [0.1, 0.15) is 12.0 Å². The van der Waals surface area contributed by atoms with Crippen LogP contribution in [0.25, 0.3) is 10.9 Å². The Bertz CT molecular complexity index is 544. The molecule has 1 aromatic carbocycles. The van der Waals surface area contributed by atoms with Crippen molar-refractivity contribution < 1.29 is 9.47 Å². The van der Waals surface area contributed by atoms with Gasteiger partial charge < -0.3 is 19.8 Å². The molecule has 1 aromatic heterocycles. The smallest absolute Gasteiger partial charge is 0.106 e. The molecule has 2 N–H and O–H groups in total. The van der Waals surface area contributed by atoms with Gasteiger partial charge >= 0.3 is 0 Å². The Morgan fingerprint density at radius 3 is 3.16 bits per heavy atom. The fourth-order valence-corrected chi connectivity index (χ4v) is 2.69. The van der Waals surface area contributed by atoms with Crippen LogP contribution in [0.5, 0.6) is 0 Å². The minimum Gasteiger partial charge on any atom is -0.378 e. The van der Waals surface area contributed by atoms with E-state index in [1.54, 1.807) is 7.11 Å². The van der Waals surface area contributed by atoms with E-state index in [9.17, 15) is 0 Å². The fourth-order valence-electron chi connectivity index (χ4n) is 2.69. The Morgan fingerprint density at radius 1 is 1.42 bits per heavy atom. The monoisotopic (exact) mass is 260 g/mol. The summed E-state index contributed by atoms with van der Waals surface area (Å²) < 4.78 is 11.1. The van der Waals surface area contributed by atoms with Crippen LogP contribution < -0.4 is 5.32 Å². The van der Waals surface area contributed by atoms with Crippen LogP contribution in [0.2, 0.25) is 0 Å². The number of fused-ring (bicyclic) bond motifs is 1. The van der Waals surface area contributed by atoms with Crippen LogP contribution in [0.3, 0.4) is 0 Å². The largest absolute Gasteiger partial charge is 0.378 e. The summed E-state index contributed by atoms with van der Waals surface area (Å²) in [6.07, 6.45) is 2.94. The fraction of sp³-hybridized carbons (Fsp3) is 0.467. The molecule has 0 aliphatic carbocycles. The summed E-state index contributed by atoms with van der Waals surface area (Å²) in [4.78, 5) is 3.24. The number of H-pyrrole nitrogens is 1. The van der Waals surface area contributed by atoms with Gasteiger partial charge in [-0.25, -0.2) is 0 Å². The van der Waals surface area contributed by atoms with Crippen molar-refractivity contribution in [2.24, 2.45) is 0 Å². The number of benzene rings is 1. The quantitative estimate of drug-likeness (QED) is 0.865. The lowest BCUT2D eigenvalue weighted by Gasteiger charge is -2.26. The van der Waals surface area contributed by atoms with E-state index in [-0.39, 0.29) is 5.60 Å². The number of hydrogen-bond acceptors (Lipinski definition) is 3. The molecule has 1 unspecified atom stereocenters. The molecule has 0 bridgehead atoms.